The summed E-state index contributed by atoms with van der Waals surface area (Å²) in [6.45, 7) is 4.11. The number of hydrogen-bond acceptors (Lipinski definition) is 3. The molecule has 0 radical (unpaired) electrons. The van der Waals surface area contributed by atoms with Crippen LogP contribution in [0.15, 0.2) is 23.3 Å². The zero-order valence-electron chi connectivity index (χ0n) is 17.2. The van der Waals surface area contributed by atoms with E-state index in [1.54, 1.807) is 0 Å². The first-order chi connectivity index (χ1) is 13.4. The van der Waals surface area contributed by atoms with Crippen LogP contribution < -0.4 is 0 Å². The molecule has 3 nitrogen and oxygen atoms in total. The standard InChI is InChI=1S/C24H33FO3/c1-23-11-8-21-18(13-16(15-26)19-5-3-4-10-24(19,21)2)20(23)7-6-17(23)9-12-28-22(27)14-25/h3,5,15,17-18,20-21H,4,6-14H2,1-2H3/t17-,18+,20+,21+,23-,24+/m1/s1. The number of fused-ring (bicyclic) bond motifs is 5. The zero-order valence-corrected chi connectivity index (χ0v) is 17.2. The van der Waals surface area contributed by atoms with E-state index in [0.29, 0.717) is 30.3 Å². The van der Waals surface area contributed by atoms with Crippen LogP contribution in [0.25, 0.3) is 0 Å². The predicted molar refractivity (Wildman–Crippen MR) is 106 cm³/mol. The molecule has 0 bridgehead atoms. The fraction of sp³-hybridized carbons (Fsp3) is 0.750. The SMILES string of the molecule is C[C@]12CC[C@H]3[C@@H](CC(C=O)=C4C=CCC[C@@]43C)[C@@H]1CC[C@@H]2CCOC(=O)CF. The topological polar surface area (TPSA) is 43.4 Å². The molecule has 0 unspecified atom stereocenters. The fourth-order valence-corrected chi connectivity index (χ4v) is 7.54. The van der Waals surface area contributed by atoms with Gasteiger partial charge in [0.2, 0.25) is 0 Å². The van der Waals surface area contributed by atoms with Crippen molar-refractivity contribution in [3.8, 4) is 0 Å². The fourth-order valence-electron chi connectivity index (χ4n) is 7.54. The molecule has 0 spiro atoms. The molecule has 2 fully saturated rings. The van der Waals surface area contributed by atoms with Crippen molar-refractivity contribution in [3.05, 3.63) is 23.3 Å². The number of allylic oxidation sites excluding steroid dienone is 4. The van der Waals surface area contributed by atoms with E-state index in [1.165, 1.54) is 24.8 Å². The van der Waals surface area contributed by atoms with Crippen LogP contribution in [0, 0.1) is 34.5 Å². The van der Waals surface area contributed by atoms with Gasteiger partial charge in [-0.1, -0.05) is 26.0 Å². The van der Waals surface area contributed by atoms with E-state index in [-0.39, 0.29) is 10.8 Å². The third-order valence-electron chi connectivity index (χ3n) is 8.96. The van der Waals surface area contributed by atoms with Gasteiger partial charge in [-0.25, -0.2) is 9.18 Å². The number of hydrogen-bond donors (Lipinski definition) is 0. The highest BCUT2D eigenvalue weighted by molar-refractivity contribution is 5.77. The molecule has 4 aliphatic rings. The van der Waals surface area contributed by atoms with E-state index in [2.05, 4.69) is 26.0 Å². The van der Waals surface area contributed by atoms with Crippen LogP contribution in [0.4, 0.5) is 4.39 Å². The Morgan fingerprint density at radius 1 is 1.25 bits per heavy atom. The summed E-state index contributed by atoms with van der Waals surface area (Å²) < 4.78 is 17.4. The average Bonchev–Trinajstić information content (AvgIpc) is 3.03. The minimum Gasteiger partial charge on any atom is -0.464 e. The molecule has 0 saturated heterocycles. The Morgan fingerprint density at radius 3 is 2.82 bits per heavy atom. The van der Waals surface area contributed by atoms with E-state index in [4.69, 9.17) is 4.74 Å². The number of aldehydes is 1. The summed E-state index contributed by atoms with van der Waals surface area (Å²) in [4.78, 5) is 23.1. The van der Waals surface area contributed by atoms with E-state index in [0.717, 1.165) is 44.0 Å². The maximum Gasteiger partial charge on any atom is 0.337 e. The number of carbonyl (C=O) groups is 2. The average molecular weight is 389 g/mol. The molecule has 154 valence electrons. The molecule has 28 heavy (non-hydrogen) atoms. The van der Waals surface area contributed by atoms with Crippen molar-refractivity contribution in [1.82, 2.24) is 0 Å². The number of rotatable bonds is 5. The Labute approximate surface area is 167 Å². The molecule has 4 aliphatic carbocycles. The molecule has 0 amide bonds. The molecule has 6 atom stereocenters. The Bertz CT molecular complexity index is 711. The summed E-state index contributed by atoms with van der Waals surface area (Å²) in [6.07, 6.45) is 14.4. The maximum absolute atomic E-state index is 12.3. The molecule has 0 heterocycles. The maximum atomic E-state index is 12.3. The lowest BCUT2D eigenvalue weighted by molar-refractivity contribution is -0.145. The van der Waals surface area contributed by atoms with Gasteiger partial charge in [0, 0.05) is 0 Å². The minimum atomic E-state index is -1.04. The lowest BCUT2D eigenvalue weighted by Gasteiger charge is -2.57. The molecular formula is C24H33FO3. The van der Waals surface area contributed by atoms with Gasteiger partial charge in [-0.15, -0.1) is 0 Å². The molecule has 4 rings (SSSR count). The van der Waals surface area contributed by atoms with E-state index in [1.807, 2.05) is 0 Å². The third kappa shape index (κ3) is 2.98. The van der Waals surface area contributed by atoms with Crippen LogP contribution >= 0.6 is 0 Å². The smallest absolute Gasteiger partial charge is 0.337 e. The Morgan fingerprint density at radius 2 is 2.07 bits per heavy atom. The first kappa shape index (κ1) is 19.8. The lowest BCUT2D eigenvalue weighted by atomic mass is 9.47. The van der Waals surface area contributed by atoms with Crippen LogP contribution in [0.1, 0.15) is 65.2 Å². The van der Waals surface area contributed by atoms with Gasteiger partial charge < -0.3 is 4.74 Å². The van der Waals surface area contributed by atoms with Crippen molar-refractivity contribution in [2.75, 3.05) is 13.3 Å². The number of ether oxygens (including phenoxy) is 1. The van der Waals surface area contributed by atoms with Crippen molar-refractivity contribution < 1.29 is 18.7 Å². The van der Waals surface area contributed by atoms with Crippen molar-refractivity contribution in [1.29, 1.82) is 0 Å². The highest BCUT2D eigenvalue weighted by atomic mass is 19.1. The van der Waals surface area contributed by atoms with Gasteiger partial charge in [0.25, 0.3) is 0 Å². The second-order valence-corrected chi connectivity index (χ2v) is 9.96. The summed E-state index contributed by atoms with van der Waals surface area (Å²) in [5, 5.41) is 0. The summed E-state index contributed by atoms with van der Waals surface area (Å²) in [5.74, 6) is 1.65. The molecule has 0 aliphatic heterocycles. The van der Waals surface area contributed by atoms with Gasteiger partial charge in [0.1, 0.15) is 6.29 Å². The first-order valence-electron chi connectivity index (χ1n) is 11.0. The normalized spacial score (nSPS) is 41.8. The molecule has 0 aromatic rings. The Kier molecular flexibility index (Phi) is 5.26. The highest BCUT2D eigenvalue weighted by Gasteiger charge is 2.58. The number of carbonyl (C=O) groups excluding carboxylic acids is 2. The van der Waals surface area contributed by atoms with Gasteiger partial charge >= 0.3 is 5.97 Å². The van der Waals surface area contributed by atoms with Gasteiger partial charge in [0.05, 0.1) is 6.61 Å². The van der Waals surface area contributed by atoms with E-state index >= 15 is 0 Å². The third-order valence-corrected chi connectivity index (χ3v) is 8.96. The minimum absolute atomic E-state index is 0.143. The number of halogens is 1. The molecule has 0 aromatic carbocycles. The molecule has 2 saturated carbocycles. The first-order valence-corrected chi connectivity index (χ1v) is 11.0. The quantitative estimate of drug-likeness (QED) is 0.480. The van der Waals surface area contributed by atoms with Crippen molar-refractivity contribution in [2.24, 2.45) is 34.5 Å². The molecule has 0 N–H and O–H groups in total. The van der Waals surface area contributed by atoms with E-state index < -0.39 is 12.6 Å². The van der Waals surface area contributed by atoms with Crippen LogP contribution in [-0.2, 0) is 14.3 Å². The van der Waals surface area contributed by atoms with Crippen LogP contribution in [-0.4, -0.2) is 25.5 Å². The van der Waals surface area contributed by atoms with Gasteiger partial charge in [-0.3, -0.25) is 4.79 Å². The Hall–Kier alpha value is -1.45. The summed E-state index contributed by atoms with van der Waals surface area (Å²) in [5.41, 5.74) is 2.73. The van der Waals surface area contributed by atoms with Crippen molar-refractivity contribution in [2.45, 2.75) is 65.2 Å². The van der Waals surface area contributed by atoms with Gasteiger partial charge in [0.15, 0.2) is 6.67 Å². The lowest BCUT2D eigenvalue weighted by Crippen LogP contribution is -2.50. The van der Waals surface area contributed by atoms with Gasteiger partial charge in [-0.2, -0.15) is 0 Å². The Balaban J connectivity index is 1.55. The molecule has 4 heteroatoms. The summed E-state index contributed by atoms with van der Waals surface area (Å²) in [7, 11) is 0. The van der Waals surface area contributed by atoms with Gasteiger partial charge in [-0.05, 0) is 97.0 Å². The van der Waals surface area contributed by atoms with Crippen LogP contribution in [0.3, 0.4) is 0 Å². The molecule has 0 aromatic heterocycles. The van der Waals surface area contributed by atoms with E-state index in [9.17, 15) is 14.0 Å². The second kappa shape index (κ2) is 7.42. The number of esters is 1. The monoisotopic (exact) mass is 388 g/mol. The second-order valence-electron chi connectivity index (χ2n) is 9.96. The van der Waals surface area contributed by atoms with Crippen LogP contribution in [0.5, 0.6) is 0 Å². The summed E-state index contributed by atoms with van der Waals surface area (Å²) >= 11 is 0. The summed E-state index contributed by atoms with van der Waals surface area (Å²) in [6, 6.07) is 0. The van der Waals surface area contributed by atoms with Crippen molar-refractivity contribution >= 4 is 12.3 Å². The zero-order chi connectivity index (χ0) is 19.9. The van der Waals surface area contributed by atoms with Crippen molar-refractivity contribution in [3.63, 3.8) is 0 Å². The molecular weight excluding hydrogens is 355 g/mol. The highest BCUT2D eigenvalue weighted by Crippen LogP contribution is 2.66. The largest absolute Gasteiger partial charge is 0.464 e. The number of alkyl halides is 1. The predicted octanol–water partition coefficient (Wildman–Crippen LogP) is 5.20. The van der Waals surface area contributed by atoms with Crippen LogP contribution in [0.2, 0.25) is 0 Å².